The van der Waals surface area contributed by atoms with Crippen molar-refractivity contribution in [1.82, 2.24) is 14.5 Å². The largest absolute Gasteiger partial charge is 0.437 e. The summed E-state index contributed by atoms with van der Waals surface area (Å²) in [5.74, 6) is 1.92. The smallest absolute Gasteiger partial charge is 0.227 e. The third kappa shape index (κ3) is 2.15. The van der Waals surface area contributed by atoms with Crippen LogP contribution < -0.4 is 0 Å². The first-order valence-electron chi connectivity index (χ1n) is 9.20. The average Bonchev–Trinajstić information content (AvgIpc) is 3.19. The van der Waals surface area contributed by atoms with E-state index in [1.807, 2.05) is 13.0 Å². The summed E-state index contributed by atoms with van der Waals surface area (Å²) in [5, 5.41) is 1.13. The highest BCUT2D eigenvalue weighted by atomic mass is 16.3. The minimum atomic E-state index is 0.313. The van der Waals surface area contributed by atoms with Gasteiger partial charge in [0.25, 0.3) is 0 Å². The molecule has 3 heterocycles. The highest BCUT2D eigenvalue weighted by molar-refractivity contribution is 5.90. The summed E-state index contributed by atoms with van der Waals surface area (Å²) in [6, 6.07) is 12.8. The second kappa shape index (κ2) is 5.56. The number of aromatic nitrogens is 3. The molecule has 1 aliphatic carbocycles. The molecule has 0 saturated heterocycles. The Morgan fingerprint density at radius 2 is 1.92 bits per heavy atom. The minimum absolute atomic E-state index is 0.313. The standard InChI is InChI=1S/C22H21N3O/c1-13(2)25-19-10-5-4-9-18(19)24-21(25)17-8-6-7-15-16-12-11-14(3)23-22(16)26-20(15)17/h4-5,8-13H,6-7H2,1-3H3. The van der Waals surface area contributed by atoms with Crippen LogP contribution in [-0.4, -0.2) is 14.5 Å². The number of furan rings is 1. The van der Waals surface area contributed by atoms with Crippen LogP contribution in [0.25, 0.3) is 27.7 Å². The molecule has 0 amide bonds. The SMILES string of the molecule is Cc1ccc2c3c(oc2n1)C(c1nc2ccccc2n1C(C)C)=CCC3. The Morgan fingerprint density at radius 1 is 1.08 bits per heavy atom. The van der Waals surface area contributed by atoms with Crippen LogP contribution in [0.4, 0.5) is 0 Å². The highest BCUT2D eigenvalue weighted by Crippen LogP contribution is 2.39. The fourth-order valence-electron chi connectivity index (χ4n) is 3.99. The maximum atomic E-state index is 6.24. The molecular formula is C22H21N3O. The van der Waals surface area contributed by atoms with Crippen LogP contribution in [0.2, 0.25) is 0 Å². The van der Waals surface area contributed by atoms with E-state index in [-0.39, 0.29) is 0 Å². The van der Waals surface area contributed by atoms with E-state index in [9.17, 15) is 0 Å². The van der Waals surface area contributed by atoms with Gasteiger partial charge in [-0.1, -0.05) is 18.2 Å². The van der Waals surface area contributed by atoms with Gasteiger partial charge in [-0.2, -0.15) is 0 Å². The summed E-state index contributed by atoms with van der Waals surface area (Å²) in [5.41, 5.74) is 6.24. The Kier molecular flexibility index (Phi) is 3.29. The van der Waals surface area contributed by atoms with Crippen molar-refractivity contribution in [1.29, 1.82) is 0 Å². The lowest BCUT2D eigenvalue weighted by Crippen LogP contribution is -2.08. The molecule has 5 rings (SSSR count). The first-order chi connectivity index (χ1) is 12.6. The van der Waals surface area contributed by atoms with Crippen LogP contribution in [0.5, 0.6) is 0 Å². The lowest BCUT2D eigenvalue weighted by atomic mass is 9.95. The molecule has 0 atom stereocenters. The molecule has 130 valence electrons. The second-order valence-electron chi connectivity index (χ2n) is 7.26. The van der Waals surface area contributed by atoms with Crippen molar-refractivity contribution in [3.63, 3.8) is 0 Å². The van der Waals surface area contributed by atoms with Crippen LogP contribution in [0.1, 0.15) is 49.2 Å². The van der Waals surface area contributed by atoms with Gasteiger partial charge in [-0.25, -0.2) is 9.97 Å². The number of hydrogen-bond donors (Lipinski definition) is 0. The number of pyridine rings is 1. The molecule has 3 aromatic heterocycles. The number of imidazole rings is 1. The van der Waals surface area contributed by atoms with Gasteiger partial charge in [-0.05, 0) is 57.9 Å². The van der Waals surface area contributed by atoms with Crippen molar-refractivity contribution >= 4 is 27.7 Å². The minimum Gasteiger partial charge on any atom is -0.437 e. The summed E-state index contributed by atoms with van der Waals surface area (Å²) in [6.45, 7) is 6.40. The zero-order valence-corrected chi connectivity index (χ0v) is 15.3. The molecule has 4 nitrogen and oxygen atoms in total. The number of hydrogen-bond acceptors (Lipinski definition) is 3. The normalized spacial score (nSPS) is 14.2. The van der Waals surface area contributed by atoms with E-state index in [0.717, 1.165) is 57.8 Å². The van der Waals surface area contributed by atoms with E-state index in [4.69, 9.17) is 9.40 Å². The number of nitrogens with zero attached hydrogens (tertiary/aromatic N) is 3. The fourth-order valence-corrected chi connectivity index (χ4v) is 3.99. The van der Waals surface area contributed by atoms with Crippen LogP contribution in [0.15, 0.2) is 46.9 Å². The molecule has 0 spiro atoms. The Bertz CT molecular complexity index is 1180. The van der Waals surface area contributed by atoms with Gasteiger partial charge in [-0.3, -0.25) is 0 Å². The van der Waals surface area contributed by atoms with E-state index >= 15 is 0 Å². The molecular weight excluding hydrogens is 322 g/mol. The fraction of sp³-hybridized carbons (Fsp3) is 0.273. The van der Waals surface area contributed by atoms with Gasteiger partial charge < -0.3 is 8.98 Å². The number of para-hydroxylation sites is 2. The number of allylic oxidation sites excluding steroid dienone is 1. The van der Waals surface area contributed by atoms with Crippen LogP contribution in [0.3, 0.4) is 0 Å². The van der Waals surface area contributed by atoms with E-state index < -0.39 is 0 Å². The second-order valence-corrected chi connectivity index (χ2v) is 7.26. The molecule has 0 saturated carbocycles. The van der Waals surface area contributed by atoms with Crippen molar-refractivity contribution in [2.75, 3.05) is 0 Å². The third-order valence-corrected chi connectivity index (χ3v) is 5.14. The molecule has 4 aromatic rings. The molecule has 0 unspecified atom stereocenters. The number of benzene rings is 1. The van der Waals surface area contributed by atoms with Gasteiger partial charge in [0.2, 0.25) is 5.71 Å². The summed E-state index contributed by atoms with van der Waals surface area (Å²) in [4.78, 5) is 9.55. The first-order valence-corrected chi connectivity index (χ1v) is 9.20. The molecule has 26 heavy (non-hydrogen) atoms. The van der Waals surface area contributed by atoms with Crippen LogP contribution >= 0.6 is 0 Å². The van der Waals surface area contributed by atoms with Gasteiger partial charge in [-0.15, -0.1) is 0 Å². The van der Waals surface area contributed by atoms with Gasteiger partial charge >= 0.3 is 0 Å². The van der Waals surface area contributed by atoms with Gasteiger partial charge in [0.1, 0.15) is 11.6 Å². The van der Waals surface area contributed by atoms with Crippen LogP contribution in [0, 0.1) is 6.92 Å². The number of aryl methyl sites for hydroxylation is 2. The lowest BCUT2D eigenvalue weighted by molar-refractivity contribution is 0.570. The summed E-state index contributed by atoms with van der Waals surface area (Å²) in [7, 11) is 0. The highest BCUT2D eigenvalue weighted by Gasteiger charge is 2.26. The van der Waals surface area contributed by atoms with Gasteiger partial charge in [0.15, 0.2) is 0 Å². The average molecular weight is 343 g/mol. The number of fused-ring (bicyclic) bond motifs is 4. The van der Waals surface area contributed by atoms with E-state index in [1.165, 1.54) is 5.56 Å². The van der Waals surface area contributed by atoms with Crippen molar-refractivity contribution in [3.05, 3.63) is 65.3 Å². The van der Waals surface area contributed by atoms with E-state index in [0.29, 0.717) is 6.04 Å². The molecule has 4 heteroatoms. The zero-order valence-electron chi connectivity index (χ0n) is 15.3. The molecule has 0 radical (unpaired) electrons. The van der Waals surface area contributed by atoms with Gasteiger partial charge in [0, 0.05) is 22.7 Å². The molecule has 0 fully saturated rings. The Hall–Kier alpha value is -2.88. The monoisotopic (exact) mass is 343 g/mol. The third-order valence-electron chi connectivity index (χ3n) is 5.14. The van der Waals surface area contributed by atoms with Gasteiger partial charge in [0.05, 0.1) is 16.6 Å². The maximum absolute atomic E-state index is 6.24. The Morgan fingerprint density at radius 3 is 2.77 bits per heavy atom. The molecule has 0 N–H and O–H groups in total. The van der Waals surface area contributed by atoms with Crippen molar-refractivity contribution in [2.45, 2.75) is 39.7 Å². The zero-order chi connectivity index (χ0) is 17.8. The quantitative estimate of drug-likeness (QED) is 0.486. The summed E-state index contributed by atoms with van der Waals surface area (Å²) < 4.78 is 8.54. The topological polar surface area (TPSA) is 43.9 Å². The molecule has 1 aromatic carbocycles. The summed E-state index contributed by atoms with van der Waals surface area (Å²) in [6.07, 6.45) is 4.24. The lowest BCUT2D eigenvalue weighted by Gasteiger charge is -2.17. The Labute approximate surface area is 152 Å². The van der Waals surface area contributed by atoms with E-state index in [2.05, 4.69) is 59.8 Å². The van der Waals surface area contributed by atoms with E-state index in [1.54, 1.807) is 0 Å². The molecule has 0 bridgehead atoms. The number of rotatable bonds is 2. The first kappa shape index (κ1) is 15.4. The van der Waals surface area contributed by atoms with Crippen molar-refractivity contribution in [3.8, 4) is 0 Å². The van der Waals surface area contributed by atoms with Crippen LogP contribution in [-0.2, 0) is 6.42 Å². The van der Waals surface area contributed by atoms with Crippen molar-refractivity contribution < 1.29 is 4.42 Å². The predicted molar refractivity (Wildman–Crippen MR) is 104 cm³/mol. The van der Waals surface area contributed by atoms with Crippen molar-refractivity contribution in [2.24, 2.45) is 0 Å². The summed E-state index contributed by atoms with van der Waals surface area (Å²) >= 11 is 0. The predicted octanol–water partition coefficient (Wildman–Crippen LogP) is 5.44. The molecule has 1 aliphatic rings. The Balaban J connectivity index is 1.78. The maximum Gasteiger partial charge on any atom is 0.227 e. The molecule has 0 aliphatic heterocycles.